The second-order valence-electron chi connectivity index (χ2n) is 5.75. The fourth-order valence-electron chi connectivity index (χ4n) is 3.05. The fourth-order valence-corrected chi connectivity index (χ4v) is 3.05. The van der Waals surface area contributed by atoms with E-state index in [4.69, 9.17) is 0 Å². The maximum Gasteiger partial charge on any atom is 0.276 e. The first-order chi connectivity index (χ1) is 11.7. The molecule has 0 fully saturated rings. The summed E-state index contributed by atoms with van der Waals surface area (Å²) in [5.41, 5.74) is 3.18. The number of aromatic nitrogens is 2. The molecule has 2 aliphatic rings. The molecule has 1 amide bonds. The van der Waals surface area contributed by atoms with E-state index in [1.165, 1.54) is 0 Å². The minimum Gasteiger partial charge on any atom is -0.294 e. The summed E-state index contributed by atoms with van der Waals surface area (Å²) in [6, 6.07) is 9.63. The lowest BCUT2D eigenvalue weighted by molar-refractivity contribution is 0.0963. The number of aryl methyl sites for hydroxylation is 2. The van der Waals surface area contributed by atoms with Crippen molar-refractivity contribution in [1.82, 2.24) is 20.0 Å². The first kappa shape index (κ1) is 14.6. The minimum atomic E-state index is -0.207. The Labute approximate surface area is 139 Å². The van der Waals surface area contributed by atoms with Gasteiger partial charge in [0.15, 0.2) is 0 Å². The average molecular weight is 322 g/mol. The van der Waals surface area contributed by atoms with Gasteiger partial charge in [-0.2, -0.15) is 5.10 Å². The van der Waals surface area contributed by atoms with Crippen LogP contribution in [0.3, 0.4) is 0 Å². The average Bonchev–Trinajstić information content (AvgIpc) is 3.21. The van der Waals surface area contributed by atoms with Gasteiger partial charge in [0, 0.05) is 18.7 Å². The van der Waals surface area contributed by atoms with E-state index in [0.717, 1.165) is 29.3 Å². The summed E-state index contributed by atoms with van der Waals surface area (Å²) in [6.07, 6.45) is 0. The third-order valence-corrected chi connectivity index (χ3v) is 4.13. The van der Waals surface area contributed by atoms with Crippen molar-refractivity contribution in [2.75, 3.05) is 13.1 Å². The van der Waals surface area contributed by atoms with Gasteiger partial charge in [-0.3, -0.25) is 24.7 Å². The lowest BCUT2D eigenvalue weighted by Gasteiger charge is -2.27. The molecule has 122 valence electrons. The van der Waals surface area contributed by atoms with Crippen molar-refractivity contribution in [2.45, 2.75) is 20.4 Å². The van der Waals surface area contributed by atoms with Gasteiger partial charge in [0.1, 0.15) is 11.5 Å². The van der Waals surface area contributed by atoms with Crippen LogP contribution in [0.1, 0.15) is 28.7 Å². The zero-order valence-electron chi connectivity index (χ0n) is 13.7. The van der Waals surface area contributed by atoms with Crippen molar-refractivity contribution < 1.29 is 4.79 Å². The second-order valence-corrected chi connectivity index (χ2v) is 5.75. The van der Waals surface area contributed by atoms with Gasteiger partial charge in [-0.05, 0) is 32.0 Å². The van der Waals surface area contributed by atoms with Crippen molar-refractivity contribution in [3.05, 3.63) is 47.3 Å². The maximum atomic E-state index is 12.7. The standard InChI is InChI=1S/C17H18N6O/c1-3-23-14(10-11(2)21-23)16(24)20-17-19-13-7-5-4-6-12(13)15-18-8-9-22(15)17/h4-7,10H,3,8-9H2,1-2H3,(H,19,20,24). The van der Waals surface area contributed by atoms with Gasteiger partial charge >= 0.3 is 0 Å². The predicted octanol–water partition coefficient (Wildman–Crippen LogP) is 1.70. The summed E-state index contributed by atoms with van der Waals surface area (Å²) in [5.74, 6) is 1.19. The molecule has 7 heteroatoms. The van der Waals surface area contributed by atoms with Gasteiger partial charge in [0.05, 0.1) is 17.9 Å². The number of hydrogen-bond acceptors (Lipinski definition) is 5. The van der Waals surface area contributed by atoms with Gasteiger partial charge in [0.2, 0.25) is 5.96 Å². The molecule has 0 unspecified atom stereocenters. The van der Waals surface area contributed by atoms with Crippen LogP contribution in [0.25, 0.3) is 0 Å². The molecule has 0 aliphatic carbocycles. The quantitative estimate of drug-likeness (QED) is 0.914. The topological polar surface area (TPSA) is 74.9 Å². The summed E-state index contributed by atoms with van der Waals surface area (Å²) in [6.45, 7) is 5.90. The Kier molecular flexibility index (Phi) is 3.41. The predicted molar refractivity (Wildman–Crippen MR) is 91.8 cm³/mol. The lowest BCUT2D eigenvalue weighted by Crippen LogP contribution is -2.47. The first-order valence-corrected chi connectivity index (χ1v) is 8.03. The molecule has 1 aromatic heterocycles. The number of nitrogens with zero attached hydrogens (tertiary/aromatic N) is 5. The van der Waals surface area contributed by atoms with E-state index in [-0.39, 0.29) is 5.91 Å². The van der Waals surface area contributed by atoms with Crippen LogP contribution in [-0.2, 0) is 6.54 Å². The van der Waals surface area contributed by atoms with Crippen LogP contribution in [0.4, 0.5) is 5.69 Å². The number of nitrogens with one attached hydrogen (secondary N) is 1. The van der Waals surface area contributed by atoms with Crippen molar-refractivity contribution in [3.8, 4) is 0 Å². The molecular formula is C17H18N6O. The fraction of sp³-hybridized carbons (Fsp3) is 0.294. The monoisotopic (exact) mass is 322 g/mol. The highest BCUT2D eigenvalue weighted by molar-refractivity contribution is 6.19. The second kappa shape index (κ2) is 5.59. The summed E-state index contributed by atoms with van der Waals surface area (Å²) in [5, 5.41) is 7.26. The van der Waals surface area contributed by atoms with E-state index in [0.29, 0.717) is 24.7 Å². The number of aliphatic imine (C=N–C) groups is 2. The smallest absolute Gasteiger partial charge is 0.276 e. The third kappa shape index (κ3) is 2.29. The number of rotatable bonds is 2. The Morgan fingerprint density at radius 2 is 2.17 bits per heavy atom. The highest BCUT2D eigenvalue weighted by Gasteiger charge is 2.30. The molecule has 0 bridgehead atoms. The van der Waals surface area contributed by atoms with Crippen molar-refractivity contribution in [3.63, 3.8) is 0 Å². The van der Waals surface area contributed by atoms with E-state index < -0.39 is 0 Å². The van der Waals surface area contributed by atoms with Crippen molar-refractivity contribution in [2.24, 2.45) is 9.98 Å². The number of hydrogen-bond donors (Lipinski definition) is 1. The van der Waals surface area contributed by atoms with Crippen molar-refractivity contribution >= 4 is 23.4 Å². The Balaban J connectivity index is 1.68. The number of benzene rings is 1. The molecule has 0 saturated carbocycles. The van der Waals surface area contributed by atoms with Crippen LogP contribution in [-0.4, -0.2) is 45.5 Å². The van der Waals surface area contributed by atoms with Gasteiger partial charge in [-0.1, -0.05) is 12.1 Å². The van der Waals surface area contributed by atoms with Gasteiger partial charge in [-0.15, -0.1) is 0 Å². The van der Waals surface area contributed by atoms with Gasteiger partial charge in [-0.25, -0.2) is 4.99 Å². The Hall–Kier alpha value is -2.96. The number of carbonyl (C=O) groups is 1. The molecule has 0 atom stereocenters. The van der Waals surface area contributed by atoms with E-state index in [2.05, 4.69) is 20.4 Å². The van der Waals surface area contributed by atoms with Crippen LogP contribution in [0.2, 0.25) is 0 Å². The largest absolute Gasteiger partial charge is 0.294 e. The maximum absolute atomic E-state index is 12.7. The zero-order chi connectivity index (χ0) is 16.7. The Morgan fingerprint density at radius 3 is 3.00 bits per heavy atom. The highest BCUT2D eigenvalue weighted by Crippen LogP contribution is 2.27. The number of guanidine groups is 1. The SMILES string of the molecule is CCn1nc(C)cc1C(=O)NC1=Nc2ccccc2C2=NCCN12. The zero-order valence-corrected chi connectivity index (χ0v) is 13.7. The minimum absolute atomic E-state index is 0.207. The molecule has 2 aromatic rings. The third-order valence-electron chi connectivity index (χ3n) is 4.13. The normalized spacial score (nSPS) is 15.5. The van der Waals surface area contributed by atoms with E-state index in [9.17, 15) is 4.79 Å². The molecule has 0 saturated heterocycles. The van der Waals surface area contributed by atoms with E-state index >= 15 is 0 Å². The molecule has 24 heavy (non-hydrogen) atoms. The summed E-state index contributed by atoms with van der Waals surface area (Å²) in [7, 11) is 0. The molecule has 2 aliphatic heterocycles. The summed E-state index contributed by atoms with van der Waals surface area (Å²) in [4.78, 5) is 23.8. The Morgan fingerprint density at radius 1 is 1.33 bits per heavy atom. The van der Waals surface area contributed by atoms with E-state index in [1.54, 1.807) is 10.7 Å². The molecule has 4 rings (SSSR count). The molecule has 0 radical (unpaired) electrons. The number of para-hydroxylation sites is 1. The number of amidine groups is 1. The molecule has 1 N–H and O–H groups in total. The van der Waals surface area contributed by atoms with Gasteiger partial charge in [0.25, 0.3) is 5.91 Å². The molecule has 0 spiro atoms. The van der Waals surface area contributed by atoms with Crippen LogP contribution in [0.15, 0.2) is 40.3 Å². The lowest BCUT2D eigenvalue weighted by atomic mass is 10.1. The summed E-state index contributed by atoms with van der Waals surface area (Å²) < 4.78 is 1.70. The molecule has 7 nitrogen and oxygen atoms in total. The van der Waals surface area contributed by atoms with Crippen molar-refractivity contribution in [1.29, 1.82) is 0 Å². The molecular weight excluding hydrogens is 304 g/mol. The first-order valence-electron chi connectivity index (χ1n) is 8.03. The van der Waals surface area contributed by atoms with Crippen LogP contribution in [0.5, 0.6) is 0 Å². The van der Waals surface area contributed by atoms with Crippen LogP contribution >= 0.6 is 0 Å². The van der Waals surface area contributed by atoms with Crippen LogP contribution in [0, 0.1) is 6.92 Å². The number of amides is 1. The number of carbonyl (C=O) groups excluding carboxylic acids is 1. The highest BCUT2D eigenvalue weighted by atomic mass is 16.2. The van der Waals surface area contributed by atoms with Crippen LogP contribution < -0.4 is 5.32 Å². The molecule has 1 aromatic carbocycles. The Bertz CT molecular complexity index is 879. The summed E-state index contributed by atoms with van der Waals surface area (Å²) >= 11 is 0. The molecule has 3 heterocycles. The number of fused-ring (bicyclic) bond motifs is 3. The van der Waals surface area contributed by atoms with Gasteiger partial charge < -0.3 is 0 Å². The van der Waals surface area contributed by atoms with E-state index in [1.807, 2.05) is 43.0 Å².